The first-order chi connectivity index (χ1) is 10.0. The summed E-state index contributed by atoms with van der Waals surface area (Å²) in [5.74, 6) is 0.547. The van der Waals surface area contributed by atoms with E-state index in [1.165, 1.54) is 79.7 Å². The van der Waals surface area contributed by atoms with Crippen LogP contribution < -0.4 is 5.32 Å². The van der Waals surface area contributed by atoms with E-state index in [0.29, 0.717) is 18.4 Å². The lowest BCUT2D eigenvalue weighted by atomic mass is 9.97. The van der Waals surface area contributed by atoms with Gasteiger partial charge < -0.3 is 5.32 Å². The predicted molar refractivity (Wildman–Crippen MR) is 83.2 cm³/mol. The lowest BCUT2D eigenvalue weighted by Crippen LogP contribution is -2.34. The lowest BCUT2D eigenvalue weighted by Gasteiger charge is -2.21. The van der Waals surface area contributed by atoms with Gasteiger partial charge in [0, 0.05) is 32.5 Å². The Labute approximate surface area is 127 Å². The van der Waals surface area contributed by atoms with Gasteiger partial charge in [-0.15, -0.1) is 0 Å². The Hall–Kier alpha value is -0.920. The van der Waals surface area contributed by atoms with Gasteiger partial charge in [0.15, 0.2) is 0 Å². The maximum absolute atomic E-state index is 12.2. The molecule has 0 radical (unpaired) electrons. The SMILES string of the molecule is CN(C)S(=O)(=O)n1ccnc1CNC1CCCCCCC1. The Morgan fingerprint density at radius 1 is 1.24 bits per heavy atom. The molecular weight excluding hydrogens is 288 g/mol. The van der Waals surface area contributed by atoms with Gasteiger partial charge in [0.2, 0.25) is 0 Å². The van der Waals surface area contributed by atoms with Crippen molar-refractivity contribution >= 4 is 10.2 Å². The summed E-state index contributed by atoms with van der Waals surface area (Å²) >= 11 is 0. The fourth-order valence-corrected chi connectivity index (χ4v) is 3.67. The molecule has 0 aromatic carbocycles. The normalized spacial score (nSPS) is 18.6. The van der Waals surface area contributed by atoms with Crippen molar-refractivity contribution in [2.75, 3.05) is 14.1 Å². The smallest absolute Gasteiger partial charge is 0.307 e. The van der Waals surface area contributed by atoms with Gasteiger partial charge in [-0.25, -0.2) is 8.96 Å². The number of nitrogens with one attached hydrogen (secondary N) is 1. The van der Waals surface area contributed by atoms with Gasteiger partial charge in [-0.2, -0.15) is 12.7 Å². The zero-order chi connectivity index (χ0) is 15.3. The first kappa shape index (κ1) is 16.5. The second kappa shape index (κ2) is 7.38. The molecule has 1 N–H and O–H groups in total. The van der Waals surface area contributed by atoms with Gasteiger partial charge in [-0.05, 0) is 12.8 Å². The topological polar surface area (TPSA) is 67.2 Å². The summed E-state index contributed by atoms with van der Waals surface area (Å²) in [5, 5.41) is 3.48. The average Bonchev–Trinajstić information content (AvgIpc) is 2.86. The maximum Gasteiger partial charge on any atom is 0.308 e. The molecule has 1 heterocycles. The van der Waals surface area contributed by atoms with Crippen molar-refractivity contribution in [3.8, 4) is 0 Å². The van der Waals surface area contributed by atoms with Gasteiger partial charge in [0.1, 0.15) is 5.82 Å². The van der Waals surface area contributed by atoms with Gasteiger partial charge >= 0.3 is 10.2 Å². The Balaban J connectivity index is 1.99. The summed E-state index contributed by atoms with van der Waals surface area (Å²) in [6, 6.07) is 0.470. The summed E-state index contributed by atoms with van der Waals surface area (Å²) in [6.45, 7) is 0.491. The second-order valence-corrected chi connectivity index (χ2v) is 7.87. The minimum atomic E-state index is -3.48. The Morgan fingerprint density at radius 2 is 1.86 bits per heavy atom. The quantitative estimate of drug-likeness (QED) is 0.899. The molecule has 0 unspecified atom stereocenters. The molecule has 7 heteroatoms. The predicted octanol–water partition coefficient (Wildman–Crippen LogP) is 1.74. The molecule has 2 rings (SSSR count). The fourth-order valence-electron chi connectivity index (χ4n) is 2.73. The third-order valence-corrected chi connectivity index (χ3v) is 5.80. The Bertz CT molecular complexity index is 531. The highest BCUT2D eigenvalue weighted by Gasteiger charge is 2.20. The van der Waals surface area contributed by atoms with Crippen LogP contribution in [0, 0.1) is 0 Å². The van der Waals surface area contributed by atoms with Crippen LogP contribution in [0.3, 0.4) is 0 Å². The summed E-state index contributed by atoms with van der Waals surface area (Å²) in [5.41, 5.74) is 0. The van der Waals surface area contributed by atoms with Crippen molar-refractivity contribution in [2.45, 2.75) is 57.5 Å². The molecule has 6 nitrogen and oxygen atoms in total. The highest BCUT2D eigenvalue weighted by Crippen LogP contribution is 2.17. The van der Waals surface area contributed by atoms with Crippen molar-refractivity contribution in [1.82, 2.24) is 18.6 Å². The van der Waals surface area contributed by atoms with E-state index in [-0.39, 0.29) is 0 Å². The van der Waals surface area contributed by atoms with Gasteiger partial charge in [0.05, 0.1) is 6.54 Å². The van der Waals surface area contributed by atoms with E-state index in [0.717, 1.165) is 0 Å². The third-order valence-electron chi connectivity index (χ3n) is 4.04. The molecule has 1 aromatic heterocycles. The minimum Gasteiger partial charge on any atom is -0.307 e. The number of hydrogen-bond acceptors (Lipinski definition) is 4. The average molecular weight is 314 g/mol. The van der Waals surface area contributed by atoms with Crippen LogP contribution in [0.25, 0.3) is 0 Å². The number of nitrogens with zero attached hydrogens (tertiary/aromatic N) is 3. The Morgan fingerprint density at radius 3 is 2.48 bits per heavy atom. The molecular formula is C14H26N4O2S. The molecule has 1 aromatic rings. The standard InChI is InChI=1S/C14H26N4O2S/c1-17(2)21(19,20)18-11-10-15-14(18)12-16-13-8-6-4-3-5-7-9-13/h10-11,13,16H,3-9,12H2,1-2H3. The van der Waals surface area contributed by atoms with E-state index in [2.05, 4.69) is 10.3 Å². The third kappa shape index (κ3) is 4.28. The zero-order valence-corrected chi connectivity index (χ0v) is 13.8. The fraction of sp³-hybridized carbons (Fsp3) is 0.786. The second-order valence-electron chi connectivity index (χ2n) is 5.85. The molecule has 1 aliphatic carbocycles. The molecule has 120 valence electrons. The monoisotopic (exact) mass is 314 g/mol. The van der Waals surface area contributed by atoms with Crippen molar-refractivity contribution < 1.29 is 8.42 Å². The first-order valence-electron chi connectivity index (χ1n) is 7.70. The van der Waals surface area contributed by atoms with E-state index in [4.69, 9.17) is 0 Å². The van der Waals surface area contributed by atoms with Crippen LogP contribution in [-0.4, -0.2) is 41.8 Å². The molecule has 0 bridgehead atoms. The van der Waals surface area contributed by atoms with Gasteiger partial charge in [-0.3, -0.25) is 0 Å². The summed E-state index contributed by atoms with van der Waals surface area (Å²) in [7, 11) is -0.424. The van der Waals surface area contributed by atoms with Crippen LogP contribution in [0.15, 0.2) is 12.4 Å². The van der Waals surface area contributed by atoms with Crippen LogP contribution >= 0.6 is 0 Å². The van der Waals surface area contributed by atoms with Crippen molar-refractivity contribution in [2.24, 2.45) is 0 Å². The van der Waals surface area contributed by atoms with Crippen molar-refractivity contribution in [3.05, 3.63) is 18.2 Å². The van der Waals surface area contributed by atoms with E-state index in [1.807, 2.05) is 0 Å². The van der Waals surface area contributed by atoms with E-state index < -0.39 is 10.2 Å². The molecule has 1 saturated carbocycles. The molecule has 0 amide bonds. The molecule has 21 heavy (non-hydrogen) atoms. The molecule has 0 saturated heterocycles. The summed E-state index contributed by atoms with van der Waals surface area (Å²) in [6.07, 6.45) is 11.8. The van der Waals surface area contributed by atoms with E-state index in [9.17, 15) is 8.42 Å². The zero-order valence-electron chi connectivity index (χ0n) is 13.0. The first-order valence-corrected chi connectivity index (χ1v) is 9.10. The van der Waals surface area contributed by atoms with Crippen LogP contribution in [0.2, 0.25) is 0 Å². The molecule has 0 atom stereocenters. The molecule has 0 aliphatic heterocycles. The summed E-state index contributed by atoms with van der Waals surface area (Å²) < 4.78 is 26.8. The van der Waals surface area contributed by atoms with Crippen molar-refractivity contribution in [1.29, 1.82) is 0 Å². The van der Waals surface area contributed by atoms with Crippen LogP contribution in [-0.2, 0) is 16.8 Å². The van der Waals surface area contributed by atoms with Gasteiger partial charge in [0.25, 0.3) is 0 Å². The van der Waals surface area contributed by atoms with Gasteiger partial charge in [-0.1, -0.05) is 32.1 Å². The molecule has 1 fully saturated rings. The largest absolute Gasteiger partial charge is 0.308 e. The number of imidazole rings is 1. The Kier molecular flexibility index (Phi) is 5.78. The summed E-state index contributed by atoms with van der Waals surface area (Å²) in [4.78, 5) is 4.19. The number of rotatable bonds is 5. The lowest BCUT2D eigenvalue weighted by molar-refractivity contribution is 0.385. The molecule has 0 spiro atoms. The van der Waals surface area contributed by atoms with Crippen LogP contribution in [0.1, 0.15) is 50.8 Å². The number of aromatic nitrogens is 2. The van der Waals surface area contributed by atoms with E-state index >= 15 is 0 Å². The van der Waals surface area contributed by atoms with Crippen LogP contribution in [0.4, 0.5) is 0 Å². The highest BCUT2D eigenvalue weighted by molar-refractivity contribution is 7.87. The molecule has 1 aliphatic rings. The minimum absolute atomic E-state index is 0.470. The number of hydrogen-bond donors (Lipinski definition) is 1. The van der Waals surface area contributed by atoms with E-state index in [1.54, 1.807) is 0 Å². The van der Waals surface area contributed by atoms with Crippen LogP contribution in [0.5, 0.6) is 0 Å². The highest BCUT2D eigenvalue weighted by atomic mass is 32.2. The van der Waals surface area contributed by atoms with Crippen molar-refractivity contribution in [3.63, 3.8) is 0 Å². The maximum atomic E-state index is 12.2.